The lowest BCUT2D eigenvalue weighted by Gasteiger charge is -2.40. The molecule has 2 aromatic carbocycles. The van der Waals surface area contributed by atoms with Crippen LogP contribution in [-0.4, -0.2) is 44.5 Å². The molecule has 7 heteroatoms. The summed E-state index contributed by atoms with van der Waals surface area (Å²) in [5.74, 6) is -1.02. The second-order valence-electron chi connectivity index (χ2n) is 7.30. The van der Waals surface area contributed by atoms with Crippen molar-refractivity contribution in [1.82, 2.24) is 10.2 Å². The number of nitrogens with one attached hydrogen (secondary N) is 1. The maximum Gasteiger partial charge on any atom is 0.254 e. The molecule has 0 bridgehead atoms. The Morgan fingerprint density at radius 2 is 1.80 bits per heavy atom. The van der Waals surface area contributed by atoms with Crippen LogP contribution in [0.1, 0.15) is 53.2 Å². The molecule has 30 heavy (non-hydrogen) atoms. The molecular weight excluding hydrogens is 387 g/mol. The summed E-state index contributed by atoms with van der Waals surface area (Å²) in [7, 11) is 4.56. The quantitative estimate of drug-likeness (QED) is 0.702. The predicted molar refractivity (Wildman–Crippen MR) is 111 cm³/mol. The number of halogens is 1. The molecule has 0 aliphatic carbocycles. The zero-order valence-electron chi connectivity index (χ0n) is 17.7. The zero-order chi connectivity index (χ0) is 21.8. The van der Waals surface area contributed by atoms with E-state index in [-0.39, 0.29) is 11.8 Å². The minimum Gasteiger partial charge on any atom is -0.493 e. The van der Waals surface area contributed by atoms with E-state index in [0.29, 0.717) is 34.7 Å². The van der Waals surface area contributed by atoms with Crippen molar-refractivity contribution in [3.63, 3.8) is 0 Å². The van der Waals surface area contributed by atoms with E-state index in [1.807, 2.05) is 6.92 Å². The van der Waals surface area contributed by atoms with Crippen molar-refractivity contribution in [3.8, 4) is 11.5 Å². The molecule has 1 N–H and O–H groups in total. The molecule has 160 valence electrons. The van der Waals surface area contributed by atoms with Gasteiger partial charge in [0, 0.05) is 24.7 Å². The van der Waals surface area contributed by atoms with Crippen LogP contribution in [0.25, 0.3) is 0 Å². The summed E-state index contributed by atoms with van der Waals surface area (Å²) in [6.45, 7) is 2.55. The van der Waals surface area contributed by atoms with Crippen LogP contribution in [0.15, 0.2) is 36.4 Å². The molecule has 3 rings (SSSR count). The summed E-state index contributed by atoms with van der Waals surface area (Å²) < 4.78 is 25.5. The van der Waals surface area contributed by atoms with Crippen LogP contribution < -0.4 is 14.8 Å². The van der Waals surface area contributed by atoms with Crippen molar-refractivity contribution < 1.29 is 23.5 Å². The van der Waals surface area contributed by atoms with Crippen LogP contribution in [0.4, 0.5) is 4.39 Å². The monoisotopic (exact) mass is 414 g/mol. The van der Waals surface area contributed by atoms with Gasteiger partial charge in [-0.2, -0.15) is 0 Å². The molecule has 1 heterocycles. The third-order valence-electron chi connectivity index (χ3n) is 5.51. The molecular formula is C23H27FN2O4. The largest absolute Gasteiger partial charge is 0.493 e. The molecule has 0 saturated heterocycles. The Labute approximate surface area is 176 Å². The van der Waals surface area contributed by atoms with Gasteiger partial charge in [-0.15, -0.1) is 0 Å². The van der Waals surface area contributed by atoms with Gasteiger partial charge in [-0.3, -0.25) is 9.59 Å². The fourth-order valence-electron chi connectivity index (χ4n) is 3.93. The van der Waals surface area contributed by atoms with E-state index >= 15 is 0 Å². The number of benzene rings is 2. The minimum absolute atomic E-state index is 0.260. The van der Waals surface area contributed by atoms with E-state index in [4.69, 9.17) is 9.47 Å². The van der Waals surface area contributed by atoms with E-state index in [1.165, 1.54) is 25.2 Å². The molecule has 0 radical (unpaired) electrons. The minimum atomic E-state index is -0.795. The summed E-state index contributed by atoms with van der Waals surface area (Å²) in [5, 5.41) is 2.94. The first-order valence-electron chi connectivity index (χ1n) is 9.99. The molecule has 2 aromatic rings. The molecule has 0 spiro atoms. The topological polar surface area (TPSA) is 67.9 Å². The van der Waals surface area contributed by atoms with Gasteiger partial charge in [0.25, 0.3) is 5.91 Å². The molecule has 0 fully saturated rings. The molecule has 2 atom stereocenters. The lowest BCUT2D eigenvalue weighted by atomic mass is 9.79. The van der Waals surface area contributed by atoms with Crippen molar-refractivity contribution in [2.45, 2.75) is 31.7 Å². The first-order valence-corrected chi connectivity index (χ1v) is 9.99. The second-order valence-corrected chi connectivity index (χ2v) is 7.30. The lowest BCUT2D eigenvalue weighted by molar-refractivity contribution is -0.124. The van der Waals surface area contributed by atoms with Gasteiger partial charge >= 0.3 is 0 Å². The Bertz CT molecular complexity index is 947. The number of methoxy groups -OCH3 is 2. The van der Waals surface area contributed by atoms with Gasteiger partial charge in [-0.05, 0) is 30.2 Å². The van der Waals surface area contributed by atoms with Gasteiger partial charge in [-0.1, -0.05) is 31.5 Å². The van der Waals surface area contributed by atoms with E-state index in [1.54, 1.807) is 37.4 Å². The Morgan fingerprint density at radius 1 is 1.13 bits per heavy atom. The zero-order valence-corrected chi connectivity index (χ0v) is 17.7. The smallest absolute Gasteiger partial charge is 0.254 e. The van der Waals surface area contributed by atoms with Gasteiger partial charge < -0.3 is 19.7 Å². The van der Waals surface area contributed by atoms with Crippen molar-refractivity contribution in [1.29, 1.82) is 0 Å². The van der Waals surface area contributed by atoms with Crippen molar-refractivity contribution >= 4 is 11.8 Å². The number of amides is 2. The predicted octanol–water partition coefficient (Wildman–Crippen LogP) is 3.67. The van der Waals surface area contributed by atoms with Crippen molar-refractivity contribution in [2.75, 3.05) is 27.8 Å². The number of ether oxygens (including phenoxy) is 2. The number of carbonyl (C=O) groups is 2. The van der Waals surface area contributed by atoms with E-state index < -0.39 is 17.8 Å². The molecule has 1 aliphatic heterocycles. The van der Waals surface area contributed by atoms with Gasteiger partial charge in [0.1, 0.15) is 5.82 Å². The Balaban J connectivity index is 2.19. The fraction of sp³-hybridized carbons (Fsp3) is 0.391. The maximum atomic E-state index is 14.7. The third kappa shape index (κ3) is 3.84. The molecule has 1 aliphatic rings. The number of hydrogen-bond donors (Lipinski definition) is 1. The highest BCUT2D eigenvalue weighted by Crippen LogP contribution is 2.46. The van der Waals surface area contributed by atoms with Crippen molar-refractivity contribution in [3.05, 3.63) is 58.9 Å². The van der Waals surface area contributed by atoms with E-state index in [2.05, 4.69) is 5.32 Å². The standard InChI is InChI=1S/C23H27FN2O4/c1-5-6-11-25-22(27)20-15-12-18(29-3)19(30-4)13-16(15)23(28)26(2)21(20)14-9-7-8-10-17(14)24/h7-10,12-13,20-21H,5-6,11H2,1-4H3,(H,25,27)/t20-,21-/m1/s1. The number of fused-ring (bicyclic) bond motifs is 1. The van der Waals surface area contributed by atoms with Crippen LogP contribution in [-0.2, 0) is 4.79 Å². The van der Waals surface area contributed by atoms with E-state index in [9.17, 15) is 14.0 Å². The third-order valence-corrected chi connectivity index (χ3v) is 5.51. The van der Waals surface area contributed by atoms with Crippen molar-refractivity contribution in [2.24, 2.45) is 0 Å². The number of unbranched alkanes of at least 4 members (excludes halogenated alkanes) is 1. The molecule has 2 amide bonds. The normalized spacial score (nSPS) is 18.0. The van der Waals surface area contributed by atoms with Gasteiger partial charge in [-0.25, -0.2) is 4.39 Å². The van der Waals surface area contributed by atoms with Gasteiger partial charge in [0.05, 0.1) is 26.2 Å². The highest BCUT2D eigenvalue weighted by Gasteiger charge is 2.44. The summed E-state index contributed by atoms with van der Waals surface area (Å²) in [6, 6.07) is 8.68. The number of likely N-dealkylation sites (N-methyl/N-ethyl adjacent to an activating group) is 1. The fourth-order valence-corrected chi connectivity index (χ4v) is 3.93. The molecule has 0 unspecified atom stereocenters. The number of hydrogen-bond acceptors (Lipinski definition) is 4. The average Bonchev–Trinajstić information content (AvgIpc) is 2.75. The number of nitrogens with zero attached hydrogens (tertiary/aromatic N) is 1. The average molecular weight is 414 g/mol. The Kier molecular flexibility index (Phi) is 6.59. The highest BCUT2D eigenvalue weighted by molar-refractivity contribution is 6.02. The number of carbonyl (C=O) groups excluding carboxylic acids is 2. The summed E-state index contributed by atoms with van der Waals surface area (Å²) in [5.41, 5.74) is 1.14. The summed E-state index contributed by atoms with van der Waals surface area (Å²) >= 11 is 0. The van der Waals surface area contributed by atoms with Crippen LogP contribution in [0.2, 0.25) is 0 Å². The maximum absolute atomic E-state index is 14.7. The summed E-state index contributed by atoms with van der Waals surface area (Å²) in [4.78, 5) is 27.9. The molecule has 0 aromatic heterocycles. The lowest BCUT2D eigenvalue weighted by Crippen LogP contribution is -2.46. The van der Waals surface area contributed by atoms with Crippen LogP contribution in [0, 0.1) is 5.82 Å². The van der Waals surface area contributed by atoms with Crippen LogP contribution in [0.3, 0.4) is 0 Å². The Morgan fingerprint density at radius 3 is 2.43 bits per heavy atom. The van der Waals surface area contributed by atoms with Crippen LogP contribution in [0.5, 0.6) is 11.5 Å². The van der Waals surface area contributed by atoms with Gasteiger partial charge in [0.15, 0.2) is 11.5 Å². The first-order chi connectivity index (χ1) is 14.4. The van der Waals surface area contributed by atoms with Crippen LogP contribution >= 0.6 is 0 Å². The van der Waals surface area contributed by atoms with E-state index in [0.717, 1.165) is 12.8 Å². The Hall–Kier alpha value is -3.09. The second kappa shape index (κ2) is 9.15. The van der Waals surface area contributed by atoms with Gasteiger partial charge in [0.2, 0.25) is 5.91 Å². The SMILES string of the molecule is CCCCNC(=O)[C@@H]1c2cc(OC)c(OC)cc2C(=O)N(C)[C@@H]1c1ccccc1F. The summed E-state index contributed by atoms with van der Waals surface area (Å²) in [6.07, 6.45) is 1.76. The number of rotatable bonds is 7. The molecule has 0 saturated carbocycles. The highest BCUT2D eigenvalue weighted by atomic mass is 19.1. The molecule has 6 nitrogen and oxygen atoms in total. The first kappa shape index (κ1) is 21.6.